The minimum absolute atomic E-state index is 0.133. The van der Waals surface area contributed by atoms with Gasteiger partial charge in [-0.1, -0.05) is 23.9 Å². The molecule has 0 radical (unpaired) electrons. The lowest BCUT2D eigenvalue weighted by Gasteiger charge is -2.05. The fourth-order valence-electron chi connectivity index (χ4n) is 2.36. The molecule has 5 nitrogen and oxygen atoms in total. The molecule has 0 atom stereocenters. The first-order valence-corrected chi connectivity index (χ1v) is 9.23. The van der Waals surface area contributed by atoms with Crippen molar-refractivity contribution >= 4 is 44.9 Å². The normalized spacial score (nSPS) is 11.0. The molecule has 1 aromatic carbocycles. The molecule has 124 valence electrons. The highest BCUT2D eigenvalue weighted by atomic mass is 32.2. The van der Waals surface area contributed by atoms with Crippen LogP contribution in [0.1, 0.15) is 16.0 Å². The molecular formula is C17H17N3O2S2. The number of hydrogen-bond donors (Lipinski definition) is 2. The quantitative estimate of drug-likeness (QED) is 0.551. The molecule has 3 rings (SSSR count). The average Bonchev–Trinajstić information content (AvgIpc) is 2.80. The van der Waals surface area contributed by atoms with Gasteiger partial charge in [0.05, 0.1) is 11.1 Å². The highest BCUT2D eigenvalue weighted by molar-refractivity contribution is 7.99. The summed E-state index contributed by atoms with van der Waals surface area (Å²) in [6.45, 7) is 5.87. The highest BCUT2D eigenvalue weighted by Crippen LogP contribution is 2.27. The maximum absolute atomic E-state index is 12.2. The molecular weight excluding hydrogens is 342 g/mol. The van der Waals surface area contributed by atoms with Crippen LogP contribution < -0.4 is 10.9 Å². The van der Waals surface area contributed by atoms with E-state index in [1.807, 2.05) is 45.0 Å². The fourth-order valence-corrected chi connectivity index (χ4v) is 4.11. The number of hydrogen-bond acceptors (Lipinski definition) is 5. The molecule has 2 heterocycles. The number of fused-ring (bicyclic) bond motifs is 1. The number of carbonyl (C=O) groups is 1. The standard InChI is InChI=1S/C17H17N3O2S2/c1-9-5-4-6-12(7-9)18-13(21)8-23-17-19-15(22)14-10(2)11(3)24-16(14)20-17/h4-7H,8H2,1-3H3,(H,18,21)(H,19,20,22). The number of anilines is 1. The molecule has 1 amide bonds. The van der Waals surface area contributed by atoms with Crippen LogP contribution in [0.5, 0.6) is 0 Å². The van der Waals surface area contributed by atoms with Crippen LogP contribution >= 0.6 is 23.1 Å². The Hall–Kier alpha value is -2.12. The van der Waals surface area contributed by atoms with Gasteiger partial charge in [-0.25, -0.2) is 4.98 Å². The zero-order chi connectivity index (χ0) is 17.3. The Morgan fingerprint density at radius 1 is 1.33 bits per heavy atom. The summed E-state index contributed by atoms with van der Waals surface area (Å²) in [5, 5.41) is 3.95. The van der Waals surface area contributed by atoms with Crippen LogP contribution in [0.25, 0.3) is 10.2 Å². The number of thioether (sulfide) groups is 1. The van der Waals surface area contributed by atoms with Crippen molar-refractivity contribution in [2.45, 2.75) is 25.9 Å². The number of carbonyl (C=O) groups excluding carboxylic acids is 1. The number of aromatic amines is 1. The summed E-state index contributed by atoms with van der Waals surface area (Å²) in [6, 6.07) is 7.62. The Kier molecular flexibility index (Phi) is 4.73. The maximum atomic E-state index is 12.2. The van der Waals surface area contributed by atoms with Crippen molar-refractivity contribution in [1.82, 2.24) is 9.97 Å². The molecule has 7 heteroatoms. The summed E-state index contributed by atoms with van der Waals surface area (Å²) in [6.07, 6.45) is 0. The molecule has 0 spiro atoms. The van der Waals surface area contributed by atoms with E-state index in [9.17, 15) is 9.59 Å². The SMILES string of the molecule is Cc1cccc(NC(=O)CSc2nc3sc(C)c(C)c3c(=O)[nH]2)c1. The van der Waals surface area contributed by atoms with Crippen molar-refractivity contribution in [1.29, 1.82) is 0 Å². The van der Waals surface area contributed by atoms with Crippen LogP contribution in [0.3, 0.4) is 0 Å². The van der Waals surface area contributed by atoms with Crippen molar-refractivity contribution in [2.24, 2.45) is 0 Å². The number of H-pyrrole nitrogens is 1. The molecule has 0 bridgehead atoms. The molecule has 0 aliphatic rings. The summed E-state index contributed by atoms with van der Waals surface area (Å²) < 4.78 is 0. The van der Waals surface area contributed by atoms with Gasteiger partial charge in [-0.15, -0.1) is 11.3 Å². The van der Waals surface area contributed by atoms with Gasteiger partial charge in [-0.05, 0) is 44.0 Å². The van der Waals surface area contributed by atoms with Crippen LogP contribution in [0, 0.1) is 20.8 Å². The Morgan fingerprint density at radius 2 is 2.12 bits per heavy atom. The molecule has 0 saturated heterocycles. The number of aromatic nitrogens is 2. The van der Waals surface area contributed by atoms with E-state index in [1.165, 1.54) is 23.1 Å². The molecule has 0 fully saturated rings. The predicted octanol–water partition coefficient (Wildman–Crippen LogP) is 3.64. The Labute approximate surface area is 147 Å². The Balaban J connectivity index is 1.71. The first-order valence-electron chi connectivity index (χ1n) is 7.43. The van der Waals surface area contributed by atoms with E-state index in [4.69, 9.17) is 0 Å². The van der Waals surface area contributed by atoms with E-state index in [1.54, 1.807) is 0 Å². The average molecular weight is 359 g/mol. The molecule has 0 aliphatic carbocycles. The first kappa shape index (κ1) is 16.7. The van der Waals surface area contributed by atoms with E-state index >= 15 is 0 Å². The minimum atomic E-state index is -0.150. The third-order valence-corrected chi connectivity index (χ3v) is 5.63. The number of nitrogens with one attached hydrogen (secondary N) is 2. The van der Waals surface area contributed by atoms with Crippen LogP contribution in [0.2, 0.25) is 0 Å². The van der Waals surface area contributed by atoms with Gasteiger partial charge in [0.15, 0.2) is 5.16 Å². The second kappa shape index (κ2) is 6.78. The lowest BCUT2D eigenvalue weighted by atomic mass is 10.2. The van der Waals surface area contributed by atoms with Crippen LogP contribution in [0.15, 0.2) is 34.2 Å². The van der Waals surface area contributed by atoms with Gasteiger partial charge in [-0.2, -0.15) is 0 Å². The van der Waals surface area contributed by atoms with Gasteiger partial charge in [0.1, 0.15) is 4.83 Å². The third-order valence-electron chi connectivity index (χ3n) is 3.66. The van der Waals surface area contributed by atoms with Gasteiger partial charge in [-0.3, -0.25) is 9.59 Å². The molecule has 0 saturated carbocycles. The maximum Gasteiger partial charge on any atom is 0.260 e. The highest BCUT2D eigenvalue weighted by Gasteiger charge is 2.13. The second-order valence-electron chi connectivity index (χ2n) is 5.54. The van der Waals surface area contributed by atoms with Gasteiger partial charge in [0, 0.05) is 10.6 Å². The molecule has 0 aliphatic heterocycles. The summed E-state index contributed by atoms with van der Waals surface area (Å²) in [5.41, 5.74) is 2.67. The number of amides is 1. The van der Waals surface area contributed by atoms with Gasteiger partial charge in [0.2, 0.25) is 5.91 Å². The number of benzene rings is 1. The van der Waals surface area contributed by atoms with Crippen molar-refractivity contribution in [3.63, 3.8) is 0 Å². The third kappa shape index (κ3) is 3.52. The molecule has 2 aromatic heterocycles. The topological polar surface area (TPSA) is 74.8 Å². The summed E-state index contributed by atoms with van der Waals surface area (Å²) >= 11 is 2.72. The smallest absolute Gasteiger partial charge is 0.260 e. The summed E-state index contributed by atoms with van der Waals surface area (Å²) in [4.78, 5) is 33.3. The van der Waals surface area contributed by atoms with E-state index in [-0.39, 0.29) is 17.2 Å². The van der Waals surface area contributed by atoms with Gasteiger partial charge >= 0.3 is 0 Å². The number of aryl methyl sites for hydroxylation is 3. The molecule has 2 N–H and O–H groups in total. The molecule has 24 heavy (non-hydrogen) atoms. The number of nitrogens with zero attached hydrogens (tertiary/aromatic N) is 1. The molecule has 3 aromatic rings. The molecule has 0 unspecified atom stereocenters. The van der Waals surface area contributed by atoms with Crippen LogP contribution in [0.4, 0.5) is 5.69 Å². The first-order chi connectivity index (χ1) is 11.4. The Bertz CT molecular complexity index is 976. The fraction of sp³-hybridized carbons (Fsp3) is 0.235. The van der Waals surface area contributed by atoms with Crippen molar-refractivity contribution in [2.75, 3.05) is 11.1 Å². The monoisotopic (exact) mass is 359 g/mol. The van der Waals surface area contributed by atoms with E-state index in [2.05, 4.69) is 15.3 Å². The largest absolute Gasteiger partial charge is 0.325 e. The van der Waals surface area contributed by atoms with E-state index in [0.29, 0.717) is 10.5 Å². The predicted molar refractivity (Wildman–Crippen MR) is 100 cm³/mol. The van der Waals surface area contributed by atoms with Crippen molar-refractivity contribution in [3.8, 4) is 0 Å². The van der Waals surface area contributed by atoms with Crippen LogP contribution in [-0.2, 0) is 4.79 Å². The van der Waals surface area contributed by atoms with Crippen LogP contribution in [-0.4, -0.2) is 21.6 Å². The second-order valence-corrected chi connectivity index (χ2v) is 7.71. The summed E-state index contributed by atoms with van der Waals surface area (Å²) in [5.74, 6) is 0.0537. The number of rotatable bonds is 4. The lowest BCUT2D eigenvalue weighted by molar-refractivity contribution is -0.113. The number of thiophene rings is 1. The van der Waals surface area contributed by atoms with Gasteiger partial charge < -0.3 is 10.3 Å². The summed E-state index contributed by atoms with van der Waals surface area (Å²) in [7, 11) is 0. The van der Waals surface area contributed by atoms with Gasteiger partial charge in [0.25, 0.3) is 5.56 Å². The van der Waals surface area contributed by atoms with Crippen molar-refractivity contribution < 1.29 is 4.79 Å². The zero-order valence-corrected chi connectivity index (χ0v) is 15.2. The van der Waals surface area contributed by atoms with Crippen molar-refractivity contribution in [3.05, 3.63) is 50.6 Å². The van der Waals surface area contributed by atoms with E-state index < -0.39 is 0 Å². The van der Waals surface area contributed by atoms with E-state index in [0.717, 1.165) is 26.5 Å². The zero-order valence-electron chi connectivity index (χ0n) is 13.6. The Morgan fingerprint density at radius 3 is 2.88 bits per heavy atom. The minimum Gasteiger partial charge on any atom is -0.325 e. The lowest BCUT2D eigenvalue weighted by Crippen LogP contribution is -2.15.